The molecule has 0 radical (unpaired) electrons. The molecule has 0 unspecified atom stereocenters. The second kappa shape index (κ2) is 9.08. The van der Waals surface area contributed by atoms with E-state index < -0.39 is 0 Å². The van der Waals surface area contributed by atoms with Crippen LogP contribution in [0.1, 0.15) is 66.4 Å². The van der Waals surface area contributed by atoms with E-state index >= 15 is 0 Å². The third-order valence-corrected chi connectivity index (χ3v) is 8.33. The van der Waals surface area contributed by atoms with E-state index in [-0.39, 0.29) is 11.9 Å². The topological polar surface area (TPSA) is 64.6 Å². The number of carbonyl (C=O) groups excluding carboxylic acids is 2. The lowest BCUT2D eigenvalue weighted by atomic mass is 9.95. The molecular weight excluding hydrogens is 442 g/mol. The molecule has 1 N–H and O–H groups in total. The minimum Gasteiger partial charge on any atom is -0.489 e. The molecule has 5 nitrogen and oxygen atoms in total. The zero-order valence-corrected chi connectivity index (χ0v) is 19.6. The van der Waals surface area contributed by atoms with Crippen molar-refractivity contribution in [3.8, 4) is 5.75 Å². The lowest BCUT2D eigenvalue weighted by Gasteiger charge is -2.11. The molecule has 0 fully saturated rings. The molecule has 3 aromatic rings. The van der Waals surface area contributed by atoms with Gasteiger partial charge in [0, 0.05) is 10.4 Å². The average molecular weight is 468 g/mol. The number of amides is 1. The number of aryl methyl sites for hydroxylation is 3. The van der Waals surface area contributed by atoms with E-state index in [1.807, 2.05) is 17.5 Å². The van der Waals surface area contributed by atoms with Gasteiger partial charge >= 0.3 is 5.97 Å². The molecule has 166 valence electrons. The fourth-order valence-corrected chi connectivity index (χ4v) is 6.58. The Morgan fingerprint density at radius 2 is 1.88 bits per heavy atom. The highest BCUT2D eigenvalue weighted by Crippen LogP contribution is 2.39. The number of methoxy groups -OCH3 is 1. The van der Waals surface area contributed by atoms with Crippen molar-refractivity contribution in [2.75, 3.05) is 12.4 Å². The maximum absolute atomic E-state index is 12.9. The number of nitrogens with one attached hydrogen (secondary N) is 1. The highest BCUT2D eigenvalue weighted by Gasteiger charge is 2.27. The van der Waals surface area contributed by atoms with E-state index in [2.05, 4.69) is 17.4 Å². The average Bonchev–Trinajstić information content (AvgIpc) is 3.54. The largest absolute Gasteiger partial charge is 0.489 e. The van der Waals surface area contributed by atoms with Gasteiger partial charge in [0.05, 0.1) is 17.6 Å². The molecular formula is C25H25NO4S2. The van der Waals surface area contributed by atoms with Gasteiger partial charge in [0.1, 0.15) is 17.4 Å². The fraction of sp³-hybridized carbons (Fsp3) is 0.360. The number of rotatable bonds is 6. The predicted octanol–water partition coefficient (Wildman–Crippen LogP) is 5.80. The Kier molecular flexibility index (Phi) is 6.02. The van der Waals surface area contributed by atoms with Crippen molar-refractivity contribution in [3.05, 3.63) is 67.2 Å². The van der Waals surface area contributed by atoms with Gasteiger partial charge in [-0.05, 0) is 85.2 Å². The van der Waals surface area contributed by atoms with Gasteiger partial charge in [-0.25, -0.2) is 4.79 Å². The number of esters is 1. The van der Waals surface area contributed by atoms with E-state index in [9.17, 15) is 9.59 Å². The van der Waals surface area contributed by atoms with E-state index in [1.165, 1.54) is 52.2 Å². The van der Waals surface area contributed by atoms with Gasteiger partial charge in [-0.1, -0.05) is 6.07 Å². The summed E-state index contributed by atoms with van der Waals surface area (Å²) in [6.45, 7) is 0.420. The monoisotopic (exact) mass is 467 g/mol. The number of anilines is 1. The molecule has 32 heavy (non-hydrogen) atoms. The predicted molar refractivity (Wildman–Crippen MR) is 127 cm³/mol. The lowest BCUT2D eigenvalue weighted by Crippen LogP contribution is -2.14. The van der Waals surface area contributed by atoms with Crippen molar-refractivity contribution in [2.24, 2.45) is 0 Å². The van der Waals surface area contributed by atoms with Crippen LogP contribution in [0.4, 0.5) is 5.00 Å². The Morgan fingerprint density at radius 1 is 1.03 bits per heavy atom. The quantitative estimate of drug-likeness (QED) is 0.466. The van der Waals surface area contributed by atoms with Crippen LogP contribution in [0.25, 0.3) is 0 Å². The van der Waals surface area contributed by atoms with Crippen LogP contribution in [-0.4, -0.2) is 19.0 Å². The summed E-state index contributed by atoms with van der Waals surface area (Å²) in [4.78, 5) is 27.1. The van der Waals surface area contributed by atoms with Crippen LogP contribution < -0.4 is 10.1 Å². The molecule has 7 heteroatoms. The Labute approximate surface area is 195 Å². The second-order valence-electron chi connectivity index (χ2n) is 8.25. The number of benzene rings is 1. The molecule has 0 atom stereocenters. The standard InChI is InChI=1S/C25H25NO4S2/c1-29-25(28)22-19-7-2-3-8-20(19)32-24(22)26-23(27)21-11-15(14-31-21)13-30-18-10-9-16-5-4-6-17(16)12-18/h9-12,14H,2-8,13H2,1H3,(H,26,27). The van der Waals surface area contributed by atoms with Gasteiger partial charge in [0.25, 0.3) is 5.91 Å². The van der Waals surface area contributed by atoms with Crippen LogP contribution in [0.15, 0.2) is 29.6 Å². The van der Waals surface area contributed by atoms with Crippen molar-refractivity contribution in [1.29, 1.82) is 0 Å². The summed E-state index contributed by atoms with van der Waals surface area (Å²) < 4.78 is 11.0. The van der Waals surface area contributed by atoms with Crippen molar-refractivity contribution < 1.29 is 19.1 Å². The Bertz CT molecular complexity index is 1180. The molecule has 2 aliphatic rings. The van der Waals surface area contributed by atoms with Gasteiger partial charge in [-0.15, -0.1) is 22.7 Å². The highest BCUT2D eigenvalue weighted by molar-refractivity contribution is 7.17. The van der Waals surface area contributed by atoms with Gasteiger partial charge in [0.15, 0.2) is 0 Å². The Morgan fingerprint density at radius 3 is 2.75 bits per heavy atom. The SMILES string of the molecule is COC(=O)c1c(NC(=O)c2cc(COc3ccc4c(c3)CCC4)cs2)sc2c1CCCC2. The molecule has 2 aliphatic carbocycles. The van der Waals surface area contributed by atoms with E-state index in [1.54, 1.807) is 0 Å². The van der Waals surface area contributed by atoms with Gasteiger partial charge in [-0.2, -0.15) is 0 Å². The molecule has 0 aliphatic heterocycles. The van der Waals surface area contributed by atoms with Crippen LogP contribution in [0.3, 0.4) is 0 Å². The third-order valence-electron chi connectivity index (χ3n) is 6.14. The normalized spacial score (nSPS) is 14.5. The van der Waals surface area contributed by atoms with Crippen LogP contribution >= 0.6 is 22.7 Å². The molecule has 5 rings (SSSR count). The van der Waals surface area contributed by atoms with Gasteiger partial charge in [-0.3, -0.25) is 4.79 Å². The van der Waals surface area contributed by atoms with E-state index in [4.69, 9.17) is 9.47 Å². The Balaban J connectivity index is 1.27. The molecule has 2 aromatic heterocycles. The van der Waals surface area contributed by atoms with E-state index in [0.29, 0.717) is 22.0 Å². The highest BCUT2D eigenvalue weighted by atomic mass is 32.1. The number of hydrogen-bond acceptors (Lipinski definition) is 6. The third kappa shape index (κ3) is 4.19. The molecule has 2 heterocycles. The first-order valence-electron chi connectivity index (χ1n) is 11.0. The maximum Gasteiger partial charge on any atom is 0.341 e. The summed E-state index contributed by atoms with van der Waals surface area (Å²) >= 11 is 2.88. The molecule has 0 bridgehead atoms. The maximum atomic E-state index is 12.9. The summed E-state index contributed by atoms with van der Waals surface area (Å²) in [6, 6.07) is 8.18. The summed E-state index contributed by atoms with van der Waals surface area (Å²) in [5.41, 5.74) is 5.33. The van der Waals surface area contributed by atoms with Crippen LogP contribution in [0, 0.1) is 0 Å². The lowest BCUT2D eigenvalue weighted by molar-refractivity contribution is 0.0601. The first kappa shape index (κ1) is 21.2. The van der Waals surface area contributed by atoms with Gasteiger partial charge < -0.3 is 14.8 Å². The Hall–Kier alpha value is -2.64. The first-order valence-corrected chi connectivity index (χ1v) is 12.7. The molecule has 0 saturated carbocycles. The number of hydrogen-bond donors (Lipinski definition) is 1. The van der Waals surface area contributed by atoms with Crippen molar-refractivity contribution >= 4 is 39.6 Å². The summed E-state index contributed by atoms with van der Waals surface area (Å²) in [7, 11) is 1.38. The van der Waals surface area contributed by atoms with Crippen molar-refractivity contribution in [2.45, 2.75) is 51.6 Å². The minimum atomic E-state index is -0.380. The molecule has 1 amide bonds. The van der Waals surface area contributed by atoms with Crippen LogP contribution in [-0.2, 0) is 37.0 Å². The first-order chi connectivity index (χ1) is 15.6. The number of fused-ring (bicyclic) bond motifs is 2. The molecule has 0 spiro atoms. The summed E-state index contributed by atoms with van der Waals surface area (Å²) in [5.74, 6) is 0.284. The van der Waals surface area contributed by atoms with Crippen LogP contribution in [0.2, 0.25) is 0 Å². The zero-order chi connectivity index (χ0) is 22.1. The van der Waals surface area contributed by atoms with Gasteiger partial charge in [0.2, 0.25) is 0 Å². The van der Waals surface area contributed by atoms with Crippen molar-refractivity contribution in [3.63, 3.8) is 0 Å². The van der Waals surface area contributed by atoms with Crippen LogP contribution in [0.5, 0.6) is 5.75 Å². The number of ether oxygens (including phenoxy) is 2. The number of carbonyl (C=O) groups is 2. The summed E-state index contributed by atoms with van der Waals surface area (Å²) in [5, 5.41) is 5.51. The zero-order valence-electron chi connectivity index (χ0n) is 18.0. The minimum absolute atomic E-state index is 0.206. The number of thiophene rings is 2. The van der Waals surface area contributed by atoms with E-state index in [0.717, 1.165) is 55.4 Å². The second-order valence-corrected chi connectivity index (χ2v) is 10.3. The fourth-order valence-electron chi connectivity index (χ4n) is 4.51. The summed E-state index contributed by atoms with van der Waals surface area (Å²) in [6.07, 6.45) is 7.46. The molecule has 1 aromatic carbocycles. The smallest absolute Gasteiger partial charge is 0.341 e. The van der Waals surface area contributed by atoms with Crippen molar-refractivity contribution in [1.82, 2.24) is 0 Å². The molecule has 0 saturated heterocycles.